The topological polar surface area (TPSA) is 52.3 Å². The Morgan fingerprint density at radius 3 is 2.50 bits per heavy atom. The van der Waals surface area contributed by atoms with Crippen LogP contribution in [-0.2, 0) is 16.0 Å². The van der Waals surface area contributed by atoms with Crippen LogP contribution in [0.15, 0.2) is 24.3 Å². The molecule has 0 radical (unpaired) electrons. The van der Waals surface area contributed by atoms with Crippen LogP contribution in [0, 0.1) is 5.82 Å². The highest BCUT2D eigenvalue weighted by Gasteiger charge is 2.14. The molecule has 1 rings (SSSR count). The quantitative estimate of drug-likeness (QED) is 0.824. The van der Waals surface area contributed by atoms with E-state index >= 15 is 0 Å². The van der Waals surface area contributed by atoms with Crippen LogP contribution in [0.5, 0.6) is 0 Å². The summed E-state index contributed by atoms with van der Waals surface area (Å²) in [7, 11) is 0. The first-order chi connectivity index (χ1) is 7.13. The predicted molar refractivity (Wildman–Crippen MR) is 62.0 cm³/mol. The molecule has 90 valence electrons. The molecule has 0 amide bonds. The molecule has 1 aromatic carbocycles. The van der Waals surface area contributed by atoms with Crippen LogP contribution in [-0.4, -0.2) is 18.6 Å². The van der Waals surface area contributed by atoms with Crippen molar-refractivity contribution in [1.82, 2.24) is 0 Å². The maximum Gasteiger partial charge on any atom is 0.323 e. The first kappa shape index (κ1) is 14.9. The van der Waals surface area contributed by atoms with Gasteiger partial charge in [-0.2, -0.15) is 0 Å². The van der Waals surface area contributed by atoms with Crippen molar-refractivity contribution in [1.29, 1.82) is 0 Å². The third-order valence-corrected chi connectivity index (χ3v) is 1.96. The maximum absolute atomic E-state index is 12.6. The second kappa shape index (κ2) is 7.19. The Morgan fingerprint density at radius 1 is 1.44 bits per heavy atom. The fraction of sp³-hybridized carbons (Fsp3) is 0.364. The zero-order valence-electron chi connectivity index (χ0n) is 8.98. The van der Waals surface area contributed by atoms with E-state index in [2.05, 4.69) is 0 Å². The Morgan fingerprint density at radius 2 is 2.00 bits per heavy atom. The second-order valence-electron chi connectivity index (χ2n) is 3.19. The molecule has 0 saturated heterocycles. The van der Waals surface area contributed by atoms with Crippen LogP contribution in [0.3, 0.4) is 0 Å². The molecule has 0 bridgehead atoms. The number of ether oxygens (including phenoxy) is 1. The van der Waals surface area contributed by atoms with Crippen molar-refractivity contribution in [2.75, 3.05) is 6.61 Å². The number of nitrogens with two attached hydrogens (primary N) is 1. The van der Waals surface area contributed by atoms with Gasteiger partial charge < -0.3 is 10.5 Å². The van der Waals surface area contributed by atoms with Crippen molar-refractivity contribution in [2.24, 2.45) is 5.73 Å². The Bertz CT molecular complexity index is 329. The minimum absolute atomic E-state index is 0. The summed E-state index contributed by atoms with van der Waals surface area (Å²) in [6.07, 6.45) is 0.360. The SMILES string of the molecule is CCOC(=O)C(N)Cc1ccc(F)cc1.Cl. The number of rotatable bonds is 4. The van der Waals surface area contributed by atoms with Crippen molar-refractivity contribution >= 4 is 18.4 Å². The van der Waals surface area contributed by atoms with Crippen molar-refractivity contribution < 1.29 is 13.9 Å². The van der Waals surface area contributed by atoms with Gasteiger partial charge in [0.1, 0.15) is 11.9 Å². The summed E-state index contributed by atoms with van der Waals surface area (Å²) in [5.74, 6) is -0.731. The van der Waals surface area contributed by atoms with E-state index in [0.29, 0.717) is 13.0 Å². The lowest BCUT2D eigenvalue weighted by molar-refractivity contribution is -0.144. The fourth-order valence-corrected chi connectivity index (χ4v) is 1.21. The molecular weight excluding hydrogens is 233 g/mol. The lowest BCUT2D eigenvalue weighted by Gasteiger charge is -2.10. The van der Waals surface area contributed by atoms with E-state index in [4.69, 9.17) is 10.5 Å². The molecule has 0 aliphatic heterocycles. The molecule has 5 heteroatoms. The first-order valence-corrected chi connectivity index (χ1v) is 4.80. The van der Waals surface area contributed by atoms with Crippen LogP contribution in [0.25, 0.3) is 0 Å². The second-order valence-corrected chi connectivity index (χ2v) is 3.19. The molecule has 16 heavy (non-hydrogen) atoms. The Labute approximate surface area is 100 Å². The number of carbonyl (C=O) groups excluding carboxylic acids is 1. The van der Waals surface area contributed by atoms with Crippen LogP contribution in [0.4, 0.5) is 4.39 Å². The summed E-state index contributed by atoms with van der Waals surface area (Å²) in [5, 5.41) is 0. The van der Waals surface area contributed by atoms with Gasteiger partial charge in [-0.25, -0.2) is 4.39 Å². The van der Waals surface area contributed by atoms with Gasteiger partial charge in [0, 0.05) is 0 Å². The zero-order chi connectivity index (χ0) is 11.3. The highest BCUT2D eigenvalue weighted by Crippen LogP contribution is 2.05. The van der Waals surface area contributed by atoms with Gasteiger partial charge in [-0.05, 0) is 31.0 Å². The van der Waals surface area contributed by atoms with Crippen LogP contribution in [0.2, 0.25) is 0 Å². The van der Waals surface area contributed by atoms with E-state index in [9.17, 15) is 9.18 Å². The normalized spacial score (nSPS) is 11.4. The Balaban J connectivity index is 0.00000225. The highest BCUT2D eigenvalue weighted by molar-refractivity contribution is 5.85. The van der Waals surface area contributed by atoms with E-state index in [0.717, 1.165) is 5.56 Å². The first-order valence-electron chi connectivity index (χ1n) is 4.80. The third-order valence-electron chi connectivity index (χ3n) is 1.96. The lowest BCUT2D eigenvalue weighted by Crippen LogP contribution is -2.34. The summed E-state index contributed by atoms with van der Waals surface area (Å²) >= 11 is 0. The van der Waals surface area contributed by atoms with Gasteiger partial charge in [-0.3, -0.25) is 4.79 Å². The average molecular weight is 248 g/mol. The van der Waals surface area contributed by atoms with E-state index in [1.165, 1.54) is 12.1 Å². The largest absolute Gasteiger partial charge is 0.465 e. The van der Waals surface area contributed by atoms with Crippen molar-refractivity contribution in [3.8, 4) is 0 Å². The van der Waals surface area contributed by atoms with Crippen molar-refractivity contribution in [2.45, 2.75) is 19.4 Å². The molecule has 0 fully saturated rings. The summed E-state index contributed by atoms with van der Waals surface area (Å²) in [5.41, 5.74) is 6.42. The number of carbonyl (C=O) groups is 1. The van der Waals surface area contributed by atoms with Gasteiger partial charge in [0.25, 0.3) is 0 Å². The van der Waals surface area contributed by atoms with Gasteiger partial charge in [-0.15, -0.1) is 12.4 Å². The molecule has 1 atom stereocenters. The molecule has 1 aromatic rings. The molecular formula is C11H15ClFNO2. The minimum atomic E-state index is -0.685. The van der Waals surface area contributed by atoms with Gasteiger partial charge in [-0.1, -0.05) is 12.1 Å². The highest BCUT2D eigenvalue weighted by atomic mass is 35.5. The Hall–Kier alpha value is -1.13. The molecule has 0 aliphatic rings. The van der Waals surface area contributed by atoms with Gasteiger partial charge in [0.15, 0.2) is 0 Å². The number of halogens is 2. The van der Waals surface area contributed by atoms with E-state index < -0.39 is 12.0 Å². The molecule has 0 saturated carbocycles. The van der Waals surface area contributed by atoms with Gasteiger partial charge in [0.2, 0.25) is 0 Å². The molecule has 2 N–H and O–H groups in total. The van der Waals surface area contributed by atoms with Gasteiger partial charge in [0.05, 0.1) is 6.61 Å². The third kappa shape index (κ3) is 4.59. The predicted octanol–water partition coefficient (Wildman–Crippen LogP) is 1.68. The van der Waals surface area contributed by atoms with Crippen LogP contribution in [0.1, 0.15) is 12.5 Å². The molecule has 3 nitrogen and oxygen atoms in total. The number of hydrogen-bond acceptors (Lipinski definition) is 3. The molecule has 1 unspecified atom stereocenters. The summed E-state index contributed by atoms with van der Waals surface area (Å²) in [6, 6.07) is 5.21. The number of hydrogen-bond donors (Lipinski definition) is 1. The molecule has 0 spiro atoms. The summed E-state index contributed by atoms with van der Waals surface area (Å²) in [4.78, 5) is 11.2. The fourth-order valence-electron chi connectivity index (χ4n) is 1.21. The number of esters is 1. The summed E-state index contributed by atoms with van der Waals surface area (Å²) in [6.45, 7) is 2.04. The Kier molecular flexibility index (Phi) is 6.69. The number of benzene rings is 1. The van der Waals surface area contributed by atoms with Gasteiger partial charge >= 0.3 is 5.97 Å². The minimum Gasteiger partial charge on any atom is -0.465 e. The molecule has 0 heterocycles. The molecule has 0 aromatic heterocycles. The maximum atomic E-state index is 12.6. The smallest absolute Gasteiger partial charge is 0.323 e. The lowest BCUT2D eigenvalue weighted by atomic mass is 10.1. The monoisotopic (exact) mass is 247 g/mol. The van der Waals surface area contributed by atoms with Crippen molar-refractivity contribution in [3.63, 3.8) is 0 Å². The summed E-state index contributed by atoms with van der Waals surface area (Å²) < 4.78 is 17.3. The van der Waals surface area contributed by atoms with Crippen LogP contribution < -0.4 is 5.73 Å². The van der Waals surface area contributed by atoms with E-state index in [1.54, 1.807) is 19.1 Å². The zero-order valence-corrected chi connectivity index (χ0v) is 9.80. The average Bonchev–Trinajstić information content (AvgIpc) is 2.22. The standard InChI is InChI=1S/C11H14FNO2.ClH/c1-2-15-11(14)10(13)7-8-3-5-9(12)6-4-8;/h3-6,10H,2,7,13H2,1H3;1H. The van der Waals surface area contributed by atoms with Crippen LogP contribution >= 0.6 is 12.4 Å². The van der Waals surface area contributed by atoms with Crippen molar-refractivity contribution in [3.05, 3.63) is 35.6 Å². The van der Waals surface area contributed by atoms with E-state index in [1.807, 2.05) is 0 Å². The molecule has 0 aliphatic carbocycles. The van der Waals surface area contributed by atoms with E-state index in [-0.39, 0.29) is 18.2 Å².